The molecule has 2 N–H and O–H groups in total. The van der Waals surface area contributed by atoms with Gasteiger partial charge in [0.15, 0.2) is 0 Å². The van der Waals surface area contributed by atoms with Crippen LogP contribution in [-0.2, 0) is 6.54 Å². The van der Waals surface area contributed by atoms with Gasteiger partial charge in [0.25, 0.3) is 5.91 Å². The number of carbonyl (C=O) groups excluding carboxylic acids is 1. The normalized spacial score (nSPS) is 11.8. The highest BCUT2D eigenvalue weighted by Crippen LogP contribution is 2.10. The van der Waals surface area contributed by atoms with Gasteiger partial charge in [0.05, 0.1) is 11.6 Å². The van der Waals surface area contributed by atoms with E-state index in [1.807, 2.05) is 13.0 Å². The molecule has 0 aromatic carbocycles. The van der Waals surface area contributed by atoms with Gasteiger partial charge in [-0.15, -0.1) is 0 Å². The van der Waals surface area contributed by atoms with Crippen LogP contribution in [0.3, 0.4) is 0 Å². The summed E-state index contributed by atoms with van der Waals surface area (Å²) in [4.78, 5) is 19.0. The van der Waals surface area contributed by atoms with Crippen molar-refractivity contribution in [1.29, 1.82) is 5.26 Å². The summed E-state index contributed by atoms with van der Waals surface area (Å²) in [6.07, 6.45) is 3.93. The van der Waals surface area contributed by atoms with Crippen LogP contribution in [-0.4, -0.2) is 25.7 Å². The zero-order valence-corrected chi connectivity index (χ0v) is 11.4. The predicted octanol–water partition coefficient (Wildman–Crippen LogP) is 1.38. The first-order valence-electron chi connectivity index (χ1n) is 6.42. The zero-order valence-electron chi connectivity index (χ0n) is 11.4. The summed E-state index contributed by atoms with van der Waals surface area (Å²) < 4.78 is 1.78. The molecular formula is C13H16N6O. The summed E-state index contributed by atoms with van der Waals surface area (Å²) in [6, 6.07) is 3.23. The van der Waals surface area contributed by atoms with Gasteiger partial charge in [-0.05, 0) is 19.4 Å². The maximum atomic E-state index is 12.0. The lowest BCUT2D eigenvalue weighted by molar-refractivity contribution is 0.0933. The first-order chi connectivity index (χ1) is 9.65. The van der Waals surface area contributed by atoms with Crippen LogP contribution in [0.2, 0.25) is 0 Å². The molecule has 20 heavy (non-hydrogen) atoms. The fourth-order valence-electron chi connectivity index (χ4n) is 1.92. The molecule has 2 aromatic heterocycles. The number of aromatic nitrogens is 4. The topological polar surface area (TPSA) is 99.4 Å². The number of carbonyl (C=O) groups is 1. The lowest BCUT2D eigenvalue weighted by Gasteiger charge is -2.13. The van der Waals surface area contributed by atoms with Crippen molar-refractivity contribution in [2.75, 3.05) is 0 Å². The number of hydrogen-bond donors (Lipinski definition) is 2. The number of hydrogen-bond acceptors (Lipinski definition) is 4. The van der Waals surface area contributed by atoms with E-state index in [1.54, 1.807) is 4.68 Å². The molecule has 0 saturated heterocycles. The first kappa shape index (κ1) is 13.8. The van der Waals surface area contributed by atoms with E-state index in [0.717, 1.165) is 13.0 Å². The fourth-order valence-corrected chi connectivity index (χ4v) is 1.92. The second kappa shape index (κ2) is 6.02. The average Bonchev–Trinajstić information content (AvgIpc) is 3.07. The SMILES string of the molecule is CCCn1ncnc1C(C)NC(=O)c1cc(C#N)c[nH]1. The minimum absolute atomic E-state index is 0.259. The first-order valence-corrected chi connectivity index (χ1v) is 6.42. The van der Waals surface area contributed by atoms with Crippen LogP contribution >= 0.6 is 0 Å². The van der Waals surface area contributed by atoms with Crippen LogP contribution in [0.5, 0.6) is 0 Å². The Morgan fingerprint density at radius 1 is 1.65 bits per heavy atom. The molecule has 0 spiro atoms. The average molecular weight is 272 g/mol. The Hall–Kier alpha value is -2.62. The standard InChI is InChI=1S/C13H16N6O/c1-3-4-19-12(16-8-17-19)9(2)18-13(20)11-5-10(6-14)7-15-11/h5,7-9,15H,3-4H2,1-2H3,(H,18,20). The largest absolute Gasteiger partial charge is 0.356 e. The van der Waals surface area contributed by atoms with Gasteiger partial charge in [-0.1, -0.05) is 6.92 Å². The molecular weight excluding hydrogens is 256 g/mol. The number of rotatable bonds is 5. The Bertz CT molecular complexity index is 635. The van der Waals surface area contributed by atoms with Crippen LogP contribution in [0, 0.1) is 11.3 Å². The molecule has 1 amide bonds. The Kier molecular flexibility index (Phi) is 4.15. The summed E-state index contributed by atoms with van der Waals surface area (Å²) in [6.45, 7) is 4.66. The van der Waals surface area contributed by atoms with Crippen molar-refractivity contribution in [1.82, 2.24) is 25.1 Å². The zero-order chi connectivity index (χ0) is 14.5. The summed E-state index contributed by atoms with van der Waals surface area (Å²) in [5, 5.41) is 15.7. The third-order valence-electron chi connectivity index (χ3n) is 2.87. The smallest absolute Gasteiger partial charge is 0.268 e. The molecule has 0 aliphatic carbocycles. The van der Waals surface area contributed by atoms with Crippen LogP contribution in [0.25, 0.3) is 0 Å². The molecule has 2 aromatic rings. The van der Waals surface area contributed by atoms with Gasteiger partial charge >= 0.3 is 0 Å². The van der Waals surface area contributed by atoms with Crippen molar-refractivity contribution in [3.8, 4) is 6.07 Å². The van der Waals surface area contributed by atoms with Crippen molar-refractivity contribution in [3.63, 3.8) is 0 Å². The summed E-state index contributed by atoms with van der Waals surface area (Å²) in [5.41, 5.74) is 0.784. The summed E-state index contributed by atoms with van der Waals surface area (Å²) in [7, 11) is 0. The maximum Gasteiger partial charge on any atom is 0.268 e. The van der Waals surface area contributed by atoms with Gasteiger partial charge in [0.1, 0.15) is 23.9 Å². The van der Waals surface area contributed by atoms with Gasteiger partial charge in [-0.25, -0.2) is 9.67 Å². The number of nitrogens with zero attached hydrogens (tertiary/aromatic N) is 4. The van der Waals surface area contributed by atoms with E-state index in [9.17, 15) is 4.79 Å². The van der Waals surface area contributed by atoms with E-state index in [0.29, 0.717) is 17.1 Å². The van der Waals surface area contributed by atoms with Gasteiger partial charge < -0.3 is 10.3 Å². The van der Waals surface area contributed by atoms with E-state index in [2.05, 4.69) is 27.3 Å². The van der Waals surface area contributed by atoms with Crippen LogP contribution in [0.1, 0.15) is 48.2 Å². The number of H-pyrrole nitrogens is 1. The van der Waals surface area contributed by atoms with Crippen LogP contribution < -0.4 is 5.32 Å². The van der Waals surface area contributed by atoms with Gasteiger partial charge in [-0.2, -0.15) is 10.4 Å². The fraction of sp³-hybridized carbons (Fsp3) is 0.385. The molecule has 7 heteroatoms. The lowest BCUT2D eigenvalue weighted by Crippen LogP contribution is -2.29. The molecule has 2 rings (SSSR count). The molecule has 0 radical (unpaired) electrons. The molecule has 104 valence electrons. The second-order valence-corrected chi connectivity index (χ2v) is 4.45. The minimum atomic E-state index is -0.273. The van der Waals surface area contributed by atoms with E-state index in [1.165, 1.54) is 18.6 Å². The number of amides is 1. The molecule has 7 nitrogen and oxygen atoms in total. The lowest BCUT2D eigenvalue weighted by atomic mass is 10.2. The number of nitriles is 1. The molecule has 0 saturated carbocycles. The van der Waals surface area contributed by atoms with Crippen molar-refractivity contribution < 1.29 is 4.79 Å². The number of aromatic amines is 1. The molecule has 0 aliphatic heterocycles. The predicted molar refractivity (Wildman–Crippen MR) is 71.7 cm³/mol. The quantitative estimate of drug-likeness (QED) is 0.858. The highest BCUT2D eigenvalue weighted by atomic mass is 16.1. The molecule has 1 unspecified atom stereocenters. The summed E-state index contributed by atoms with van der Waals surface area (Å²) >= 11 is 0. The Labute approximate surface area is 116 Å². The monoisotopic (exact) mass is 272 g/mol. The van der Waals surface area contributed by atoms with Crippen molar-refractivity contribution in [2.24, 2.45) is 0 Å². The van der Waals surface area contributed by atoms with Crippen molar-refractivity contribution in [2.45, 2.75) is 32.9 Å². The van der Waals surface area contributed by atoms with E-state index >= 15 is 0 Å². The summed E-state index contributed by atoms with van der Waals surface area (Å²) in [5.74, 6) is 0.442. The maximum absolute atomic E-state index is 12.0. The van der Waals surface area contributed by atoms with Gasteiger partial charge in [-0.3, -0.25) is 4.79 Å². The highest BCUT2D eigenvalue weighted by molar-refractivity contribution is 5.93. The Morgan fingerprint density at radius 2 is 2.45 bits per heavy atom. The molecule has 0 fully saturated rings. The third-order valence-corrected chi connectivity index (χ3v) is 2.87. The van der Waals surface area contributed by atoms with E-state index < -0.39 is 0 Å². The van der Waals surface area contributed by atoms with Crippen molar-refractivity contribution >= 4 is 5.91 Å². The van der Waals surface area contributed by atoms with E-state index in [-0.39, 0.29) is 11.9 Å². The van der Waals surface area contributed by atoms with Gasteiger partial charge in [0.2, 0.25) is 0 Å². The van der Waals surface area contributed by atoms with Crippen molar-refractivity contribution in [3.05, 3.63) is 35.7 Å². The molecule has 2 heterocycles. The Balaban J connectivity index is 2.07. The van der Waals surface area contributed by atoms with Crippen LogP contribution in [0.4, 0.5) is 0 Å². The molecule has 1 atom stereocenters. The molecule has 0 aliphatic rings. The van der Waals surface area contributed by atoms with E-state index in [4.69, 9.17) is 5.26 Å². The van der Waals surface area contributed by atoms with Crippen LogP contribution in [0.15, 0.2) is 18.6 Å². The Morgan fingerprint density at radius 3 is 3.10 bits per heavy atom. The number of aryl methyl sites for hydroxylation is 1. The minimum Gasteiger partial charge on any atom is -0.356 e. The second-order valence-electron chi connectivity index (χ2n) is 4.45. The highest BCUT2D eigenvalue weighted by Gasteiger charge is 2.17. The molecule has 0 bridgehead atoms. The van der Waals surface area contributed by atoms with Gasteiger partial charge in [0, 0.05) is 12.7 Å². The number of nitrogens with one attached hydrogen (secondary N) is 2. The third kappa shape index (κ3) is 2.85.